The molecule has 0 aromatic heterocycles. The molecule has 1 aliphatic rings. The Hall–Kier alpha value is -1.65. The van der Waals surface area contributed by atoms with E-state index in [0.29, 0.717) is 19.0 Å². The molecule has 2 aromatic rings. The molecule has 1 atom stereocenters. The summed E-state index contributed by atoms with van der Waals surface area (Å²) in [5, 5.41) is 3.11. The largest absolute Gasteiger partial charge is 0.355 e. The molecule has 1 aliphatic heterocycles. The number of hydrogen-bond acceptors (Lipinski definition) is 2. The first-order valence-electron chi connectivity index (χ1n) is 8.40. The van der Waals surface area contributed by atoms with E-state index >= 15 is 0 Å². The molecule has 1 heterocycles. The van der Waals surface area contributed by atoms with Crippen LogP contribution in [-0.4, -0.2) is 30.4 Å². The highest BCUT2D eigenvalue weighted by molar-refractivity contribution is 9.10. The number of amides is 1. The number of hydrogen-bond donors (Lipinski definition) is 1. The average Bonchev–Trinajstić information content (AvgIpc) is 2.59. The number of halogens is 1. The first-order chi connectivity index (χ1) is 11.6. The van der Waals surface area contributed by atoms with Gasteiger partial charge in [-0.15, -0.1) is 0 Å². The van der Waals surface area contributed by atoms with E-state index in [9.17, 15) is 4.79 Å². The Morgan fingerprint density at radius 1 is 1.21 bits per heavy atom. The van der Waals surface area contributed by atoms with Crippen LogP contribution in [0.1, 0.15) is 23.1 Å². The van der Waals surface area contributed by atoms with E-state index in [2.05, 4.69) is 63.5 Å². The summed E-state index contributed by atoms with van der Waals surface area (Å²) < 4.78 is 1.17. The van der Waals surface area contributed by atoms with Gasteiger partial charge in [0.05, 0.1) is 0 Å². The lowest BCUT2D eigenvalue weighted by Crippen LogP contribution is -2.45. The highest BCUT2D eigenvalue weighted by atomic mass is 79.9. The second-order valence-corrected chi connectivity index (χ2v) is 7.29. The summed E-state index contributed by atoms with van der Waals surface area (Å²) in [6.07, 6.45) is 2.30. The molecule has 0 saturated carbocycles. The molecular formula is C20H23BrN2O. The molecule has 0 saturated heterocycles. The van der Waals surface area contributed by atoms with Crippen molar-refractivity contribution in [2.45, 2.75) is 31.8 Å². The van der Waals surface area contributed by atoms with Crippen molar-refractivity contribution in [3.63, 3.8) is 0 Å². The molecule has 2 aromatic carbocycles. The summed E-state index contributed by atoms with van der Waals surface area (Å²) in [7, 11) is 2.13. The fraction of sp³-hybridized carbons (Fsp3) is 0.350. The van der Waals surface area contributed by atoms with Crippen LogP contribution >= 0.6 is 15.9 Å². The molecule has 0 radical (unpaired) electrons. The summed E-state index contributed by atoms with van der Waals surface area (Å²) in [6, 6.07) is 16.9. The van der Waals surface area contributed by atoms with Gasteiger partial charge in [0.15, 0.2) is 0 Å². The molecule has 1 N–H and O–H groups in total. The number of nitrogens with zero attached hydrogens (tertiary/aromatic N) is 1. The Morgan fingerprint density at radius 3 is 2.79 bits per heavy atom. The van der Waals surface area contributed by atoms with Crippen LogP contribution in [0, 0.1) is 0 Å². The third-order valence-corrected chi connectivity index (χ3v) is 5.46. The van der Waals surface area contributed by atoms with Gasteiger partial charge in [0.1, 0.15) is 0 Å². The van der Waals surface area contributed by atoms with Crippen molar-refractivity contribution in [2.24, 2.45) is 0 Å². The normalized spacial score (nSPS) is 17.3. The van der Waals surface area contributed by atoms with Crippen LogP contribution in [0.2, 0.25) is 0 Å². The van der Waals surface area contributed by atoms with E-state index in [-0.39, 0.29) is 5.91 Å². The zero-order chi connectivity index (χ0) is 16.9. The molecular weight excluding hydrogens is 364 g/mol. The summed E-state index contributed by atoms with van der Waals surface area (Å²) >= 11 is 3.65. The van der Waals surface area contributed by atoms with Gasteiger partial charge in [-0.1, -0.05) is 58.4 Å². The zero-order valence-electron chi connectivity index (χ0n) is 14.0. The van der Waals surface area contributed by atoms with Gasteiger partial charge >= 0.3 is 0 Å². The van der Waals surface area contributed by atoms with Gasteiger partial charge in [-0.2, -0.15) is 0 Å². The van der Waals surface area contributed by atoms with Gasteiger partial charge in [0.25, 0.3) is 0 Å². The van der Waals surface area contributed by atoms with Gasteiger partial charge in [-0.25, -0.2) is 0 Å². The van der Waals surface area contributed by atoms with Gasteiger partial charge < -0.3 is 5.32 Å². The van der Waals surface area contributed by atoms with Crippen molar-refractivity contribution in [1.29, 1.82) is 0 Å². The van der Waals surface area contributed by atoms with E-state index in [4.69, 9.17) is 0 Å². The Morgan fingerprint density at radius 2 is 2.00 bits per heavy atom. The van der Waals surface area contributed by atoms with Gasteiger partial charge in [0, 0.05) is 30.0 Å². The number of carbonyl (C=O) groups is 1. The fourth-order valence-electron chi connectivity index (χ4n) is 3.22. The Labute approximate surface area is 152 Å². The summed E-state index contributed by atoms with van der Waals surface area (Å²) in [5.74, 6) is 0.130. The molecule has 0 bridgehead atoms. The van der Waals surface area contributed by atoms with Gasteiger partial charge in [0.2, 0.25) is 5.91 Å². The number of benzene rings is 2. The van der Waals surface area contributed by atoms with Crippen LogP contribution in [0.4, 0.5) is 0 Å². The summed E-state index contributed by atoms with van der Waals surface area (Å²) in [6.45, 7) is 1.63. The Bertz CT molecular complexity index is 702. The van der Waals surface area contributed by atoms with Crippen molar-refractivity contribution >= 4 is 21.8 Å². The molecule has 3 rings (SSSR count). The lowest BCUT2D eigenvalue weighted by Gasteiger charge is -2.34. The summed E-state index contributed by atoms with van der Waals surface area (Å²) in [5.41, 5.74) is 3.96. The molecule has 126 valence electrons. The van der Waals surface area contributed by atoms with E-state index in [0.717, 1.165) is 19.4 Å². The maximum absolute atomic E-state index is 12.1. The van der Waals surface area contributed by atoms with Gasteiger partial charge in [-0.05, 0) is 42.6 Å². The molecule has 24 heavy (non-hydrogen) atoms. The minimum atomic E-state index is 0.130. The molecule has 1 unspecified atom stereocenters. The Kier molecular flexibility index (Phi) is 5.69. The van der Waals surface area contributed by atoms with Crippen molar-refractivity contribution in [1.82, 2.24) is 10.2 Å². The predicted octanol–water partition coefficient (Wildman–Crippen LogP) is 3.55. The van der Waals surface area contributed by atoms with Crippen LogP contribution in [-0.2, 0) is 24.2 Å². The predicted molar refractivity (Wildman–Crippen MR) is 101 cm³/mol. The highest BCUT2D eigenvalue weighted by Crippen LogP contribution is 2.28. The topological polar surface area (TPSA) is 32.3 Å². The van der Waals surface area contributed by atoms with Crippen molar-refractivity contribution in [3.05, 3.63) is 69.7 Å². The van der Waals surface area contributed by atoms with E-state index in [1.165, 1.54) is 21.2 Å². The molecule has 3 nitrogen and oxygen atoms in total. The lowest BCUT2D eigenvalue weighted by molar-refractivity contribution is -0.121. The third kappa shape index (κ3) is 4.25. The summed E-state index contributed by atoms with van der Waals surface area (Å²) in [4.78, 5) is 14.5. The molecule has 1 amide bonds. The number of likely N-dealkylation sites (N-methyl/N-ethyl adjacent to an activating group) is 1. The van der Waals surface area contributed by atoms with E-state index in [1.54, 1.807) is 0 Å². The maximum atomic E-state index is 12.1. The molecule has 0 spiro atoms. The first-order valence-corrected chi connectivity index (χ1v) is 9.20. The van der Waals surface area contributed by atoms with Crippen LogP contribution in [0.15, 0.2) is 53.0 Å². The van der Waals surface area contributed by atoms with Crippen LogP contribution in [0.25, 0.3) is 0 Å². The third-order valence-electron chi connectivity index (χ3n) is 4.72. The number of nitrogens with one attached hydrogen (secondary N) is 1. The van der Waals surface area contributed by atoms with Crippen molar-refractivity contribution < 1.29 is 4.79 Å². The molecule has 0 aliphatic carbocycles. The number of rotatable bonds is 5. The highest BCUT2D eigenvalue weighted by Gasteiger charge is 2.24. The second-order valence-electron chi connectivity index (χ2n) is 6.44. The number of fused-ring (bicyclic) bond motifs is 1. The molecule has 4 heteroatoms. The quantitative estimate of drug-likeness (QED) is 0.851. The first kappa shape index (κ1) is 17.2. The SMILES string of the molecule is CN1Cc2cccc(Br)c2CC1CNC(=O)CCc1ccccc1. The van der Waals surface area contributed by atoms with Gasteiger partial charge in [-0.3, -0.25) is 9.69 Å². The second kappa shape index (κ2) is 7.95. The lowest BCUT2D eigenvalue weighted by atomic mass is 9.94. The standard InChI is InChI=1S/C20H23BrN2O/c1-23-14-16-8-5-9-19(21)18(16)12-17(23)13-22-20(24)11-10-15-6-3-2-4-7-15/h2-9,17H,10-14H2,1H3,(H,22,24). The van der Waals surface area contributed by atoms with Crippen molar-refractivity contribution in [3.8, 4) is 0 Å². The van der Waals surface area contributed by atoms with Crippen LogP contribution < -0.4 is 5.32 Å². The minimum Gasteiger partial charge on any atom is -0.355 e. The smallest absolute Gasteiger partial charge is 0.220 e. The van der Waals surface area contributed by atoms with E-state index in [1.807, 2.05) is 18.2 Å². The van der Waals surface area contributed by atoms with Crippen molar-refractivity contribution in [2.75, 3.05) is 13.6 Å². The van der Waals surface area contributed by atoms with Crippen LogP contribution in [0.5, 0.6) is 0 Å². The number of aryl methyl sites for hydroxylation is 1. The number of carbonyl (C=O) groups excluding carboxylic acids is 1. The maximum Gasteiger partial charge on any atom is 0.220 e. The fourth-order valence-corrected chi connectivity index (χ4v) is 3.79. The average molecular weight is 387 g/mol. The van der Waals surface area contributed by atoms with Crippen LogP contribution in [0.3, 0.4) is 0 Å². The monoisotopic (exact) mass is 386 g/mol. The zero-order valence-corrected chi connectivity index (χ0v) is 15.6. The van der Waals surface area contributed by atoms with E-state index < -0.39 is 0 Å². The minimum absolute atomic E-state index is 0.130. The Balaban J connectivity index is 1.51. The molecule has 0 fully saturated rings.